The molecule has 0 bridgehead atoms. The highest BCUT2D eigenvalue weighted by Crippen LogP contribution is 2.23. The van der Waals surface area contributed by atoms with Crippen LogP contribution in [0.3, 0.4) is 0 Å². The number of thiophene rings is 1. The third kappa shape index (κ3) is 5.44. The van der Waals surface area contributed by atoms with Crippen molar-refractivity contribution in [2.45, 2.75) is 31.7 Å². The number of nitrogens with zero attached hydrogens (tertiary/aromatic N) is 1. The van der Waals surface area contributed by atoms with Crippen molar-refractivity contribution in [2.24, 2.45) is 0 Å². The van der Waals surface area contributed by atoms with Crippen LogP contribution in [0.4, 0.5) is 0 Å². The van der Waals surface area contributed by atoms with Crippen molar-refractivity contribution in [2.75, 3.05) is 13.2 Å². The molecule has 1 aliphatic rings. The van der Waals surface area contributed by atoms with Gasteiger partial charge in [0, 0.05) is 17.0 Å². The molecule has 27 heavy (non-hydrogen) atoms. The quantitative estimate of drug-likeness (QED) is 0.805. The Bertz CT molecular complexity index is 800. The third-order valence-electron chi connectivity index (χ3n) is 4.53. The molecular weight excluding hydrogens is 362 g/mol. The average Bonchev–Trinajstić information content (AvgIpc) is 3.08. The Hall–Kier alpha value is -2.60. The van der Waals surface area contributed by atoms with E-state index in [1.54, 1.807) is 35.6 Å². The van der Waals surface area contributed by atoms with Gasteiger partial charge in [-0.25, -0.2) is 4.79 Å². The number of hydrogen-bond acceptors (Lipinski definition) is 4. The molecule has 3 rings (SSSR count). The molecule has 0 saturated carbocycles. The predicted molar refractivity (Wildman–Crippen MR) is 106 cm³/mol. The van der Waals surface area contributed by atoms with E-state index in [0.29, 0.717) is 11.3 Å². The number of hydrogen-bond donors (Lipinski definition) is 1. The summed E-state index contributed by atoms with van der Waals surface area (Å²) >= 11 is 1.68. The van der Waals surface area contributed by atoms with Gasteiger partial charge in [0.15, 0.2) is 6.61 Å². The Labute approximate surface area is 162 Å². The summed E-state index contributed by atoms with van der Waals surface area (Å²) in [5, 5.41) is 10.8. The lowest BCUT2D eigenvalue weighted by molar-refractivity contribution is -0.139. The van der Waals surface area contributed by atoms with Crippen LogP contribution in [0, 0.1) is 0 Å². The second kappa shape index (κ2) is 9.37. The van der Waals surface area contributed by atoms with Crippen LogP contribution in [0.5, 0.6) is 5.75 Å². The molecule has 0 radical (unpaired) electrons. The van der Waals surface area contributed by atoms with Crippen molar-refractivity contribution in [1.82, 2.24) is 4.90 Å². The van der Waals surface area contributed by atoms with Crippen LogP contribution in [0.15, 0.2) is 47.9 Å². The number of carbonyl (C=O) groups excluding carboxylic acids is 1. The number of aliphatic carboxylic acids is 1. The minimum absolute atomic E-state index is 0.0431. The van der Waals surface area contributed by atoms with Crippen molar-refractivity contribution in [3.8, 4) is 5.75 Å². The highest BCUT2D eigenvalue weighted by atomic mass is 32.1. The molecule has 1 saturated heterocycles. The van der Waals surface area contributed by atoms with E-state index in [9.17, 15) is 9.59 Å². The lowest BCUT2D eigenvalue weighted by Crippen LogP contribution is -2.38. The van der Waals surface area contributed by atoms with Crippen molar-refractivity contribution >= 4 is 29.3 Å². The van der Waals surface area contributed by atoms with Gasteiger partial charge in [-0.05, 0) is 48.6 Å². The zero-order valence-electron chi connectivity index (χ0n) is 15.0. The molecule has 0 spiro atoms. The first-order chi connectivity index (χ1) is 13.1. The Morgan fingerprint density at radius 3 is 2.89 bits per heavy atom. The van der Waals surface area contributed by atoms with Crippen LogP contribution in [-0.2, 0) is 4.79 Å². The Balaban J connectivity index is 1.77. The number of ether oxygens (including phenoxy) is 1. The molecule has 1 N–H and O–H groups in total. The van der Waals surface area contributed by atoms with Crippen molar-refractivity contribution < 1.29 is 19.4 Å². The van der Waals surface area contributed by atoms with E-state index in [-0.39, 0.29) is 11.9 Å². The van der Waals surface area contributed by atoms with Gasteiger partial charge in [-0.2, -0.15) is 0 Å². The van der Waals surface area contributed by atoms with Gasteiger partial charge in [-0.1, -0.05) is 31.1 Å². The molecule has 6 heteroatoms. The van der Waals surface area contributed by atoms with E-state index in [1.807, 2.05) is 16.3 Å². The zero-order valence-corrected chi connectivity index (χ0v) is 15.9. The van der Waals surface area contributed by atoms with E-state index in [1.165, 1.54) is 4.88 Å². The second-order valence-electron chi connectivity index (χ2n) is 6.50. The maximum Gasteiger partial charge on any atom is 0.341 e. The van der Waals surface area contributed by atoms with Crippen LogP contribution in [0.1, 0.15) is 40.9 Å². The normalized spacial score (nSPS) is 17.6. The lowest BCUT2D eigenvalue weighted by Gasteiger charge is -2.28. The van der Waals surface area contributed by atoms with E-state index in [0.717, 1.165) is 32.2 Å². The summed E-state index contributed by atoms with van der Waals surface area (Å²) in [6, 6.07) is 10.9. The molecule has 2 aromatic rings. The summed E-state index contributed by atoms with van der Waals surface area (Å²) in [5.74, 6) is -0.694. The molecule has 2 heterocycles. The number of benzene rings is 1. The fraction of sp³-hybridized carbons (Fsp3) is 0.333. The zero-order chi connectivity index (χ0) is 19.1. The summed E-state index contributed by atoms with van der Waals surface area (Å²) in [6.07, 6.45) is 8.38. The molecule has 142 valence electrons. The Morgan fingerprint density at radius 1 is 1.22 bits per heavy atom. The first kappa shape index (κ1) is 19.2. The summed E-state index contributed by atoms with van der Waals surface area (Å²) in [5.41, 5.74) is 0.523. The topological polar surface area (TPSA) is 66.8 Å². The number of amides is 1. The van der Waals surface area contributed by atoms with E-state index in [2.05, 4.69) is 18.2 Å². The minimum atomic E-state index is -1.04. The molecule has 5 nitrogen and oxygen atoms in total. The van der Waals surface area contributed by atoms with Gasteiger partial charge < -0.3 is 14.7 Å². The van der Waals surface area contributed by atoms with Gasteiger partial charge in [0.2, 0.25) is 0 Å². The number of carboxylic acid groups (broad SMARTS) is 1. The van der Waals surface area contributed by atoms with Gasteiger partial charge in [0.05, 0.1) is 6.04 Å². The number of likely N-dealkylation sites (tertiary alicyclic amines) is 1. The second-order valence-corrected chi connectivity index (χ2v) is 7.48. The van der Waals surface area contributed by atoms with Gasteiger partial charge >= 0.3 is 5.97 Å². The van der Waals surface area contributed by atoms with Crippen LogP contribution in [0.25, 0.3) is 6.08 Å². The highest BCUT2D eigenvalue weighted by molar-refractivity contribution is 7.10. The van der Waals surface area contributed by atoms with Crippen LogP contribution < -0.4 is 4.74 Å². The first-order valence-corrected chi connectivity index (χ1v) is 9.99. The van der Waals surface area contributed by atoms with Crippen molar-refractivity contribution in [3.63, 3.8) is 0 Å². The predicted octanol–water partition coefficient (Wildman–Crippen LogP) is 4.31. The number of rotatable bonds is 6. The molecule has 1 amide bonds. The molecule has 0 aliphatic carbocycles. The molecule has 1 aliphatic heterocycles. The van der Waals surface area contributed by atoms with Crippen molar-refractivity contribution in [3.05, 3.63) is 58.3 Å². The maximum absolute atomic E-state index is 13.1. The van der Waals surface area contributed by atoms with Crippen LogP contribution >= 0.6 is 11.3 Å². The number of carbonyl (C=O) groups is 2. The van der Waals surface area contributed by atoms with E-state index >= 15 is 0 Å². The van der Waals surface area contributed by atoms with Gasteiger partial charge in [0.25, 0.3) is 5.91 Å². The average molecular weight is 385 g/mol. The molecule has 1 fully saturated rings. The fourth-order valence-electron chi connectivity index (χ4n) is 3.21. The fourth-order valence-corrected chi connectivity index (χ4v) is 3.84. The molecule has 1 aromatic heterocycles. The van der Waals surface area contributed by atoms with Gasteiger partial charge in [-0.15, -0.1) is 11.3 Å². The monoisotopic (exact) mass is 385 g/mol. The molecule has 1 unspecified atom stereocenters. The standard InChI is InChI=1S/C21H23NO4S/c23-20(24)15-26-18-8-4-6-16(14-18)21(25)22-12-3-1-2-7-17(22)10-11-19-9-5-13-27-19/h4-6,8-11,13-14,17H,1-3,7,12,15H2,(H,23,24)/b11-10+. The molecule has 1 aromatic carbocycles. The Morgan fingerprint density at radius 2 is 2.11 bits per heavy atom. The maximum atomic E-state index is 13.1. The summed E-state index contributed by atoms with van der Waals surface area (Å²) < 4.78 is 5.21. The first-order valence-electron chi connectivity index (χ1n) is 9.11. The smallest absolute Gasteiger partial charge is 0.341 e. The van der Waals surface area contributed by atoms with E-state index in [4.69, 9.17) is 9.84 Å². The van der Waals surface area contributed by atoms with Gasteiger partial charge in [0.1, 0.15) is 5.75 Å². The minimum Gasteiger partial charge on any atom is -0.482 e. The molecular formula is C21H23NO4S. The van der Waals surface area contributed by atoms with Crippen LogP contribution in [-0.4, -0.2) is 41.1 Å². The van der Waals surface area contributed by atoms with Crippen LogP contribution in [0.2, 0.25) is 0 Å². The summed E-state index contributed by atoms with van der Waals surface area (Å²) in [4.78, 5) is 26.9. The summed E-state index contributed by atoms with van der Waals surface area (Å²) in [6.45, 7) is 0.298. The third-order valence-corrected chi connectivity index (χ3v) is 5.37. The SMILES string of the molecule is O=C(O)COc1cccc(C(=O)N2CCCCCC2/C=C/c2cccs2)c1. The molecule has 1 atom stereocenters. The lowest BCUT2D eigenvalue weighted by atomic mass is 10.1. The largest absolute Gasteiger partial charge is 0.482 e. The number of carboxylic acids is 1. The van der Waals surface area contributed by atoms with Crippen molar-refractivity contribution in [1.29, 1.82) is 0 Å². The Kier molecular flexibility index (Phi) is 6.65. The highest BCUT2D eigenvalue weighted by Gasteiger charge is 2.25. The summed E-state index contributed by atoms with van der Waals surface area (Å²) in [7, 11) is 0. The van der Waals surface area contributed by atoms with Gasteiger partial charge in [-0.3, -0.25) is 4.79 Å². The van der Waals surface area contributed by atoms with E-state index < -0.39 is 12.6 Å².